The lowest BCUT2D eigenvalue weighted by Gasteiger charge is -2.31. The van der Waals surface area contributed by atoms with Crippen LogP contribution in [0.2, 0.25) is 0 Å². The highest BCUT2D eigenvalue weighted by molar-refractivity contribution is 7.99. The zero-order valence-corrected chi connectivity index (χ0v) is 19.3. The molecule has 0 amide bonds. The lowest BCUT2D eigenvalue weighted by molar-refractivity contribution is -0.903. The maximum Gasteiger partial charge on any atom is 0.267 e. The largest absolute Gasteiger partial charge is 0.326 e. The molecule has 0 N–H and O–H groups in total. The second kappa shape index (κ2) is 8.39. The van der Waals surface area contributed by atoms with Crippen molar-refractivity contribution in [3.8, 4) is 5.69 Å². The molecule has 2 aromatic heterocycles. The summed E-state index contributed by atoms with van der Waals surface area (Å²) in [5.74, 6) is 0.936. The molecule has 2 heterocycles. The Morgan fingerprint density at radius 1 is 1.11 bits per heavy atom. The molecule has 0 saturated heterocycles. The number of aryl methyl sites for hydroxylation is 3. The maximum absolute atomic E-state index is 13.5. The van der Waals surface area contributed by atoms with Gasteiger partial charge in [-0.25, -0.2) is 4.98 Å². The minimum absolute atomic E-state index is 0.0430. The number of nitrogens with zero attached hydrogens (tertiary/aromatic N) is 3. The van der Waals surface area contributed by atoms with Crippen molar-refractivity contribution in [1.82, 2.24) is 9.55 Å². The number of benzene rings is 1. The first-order valence-corrected chi connectivity index (χ1v) is 11.7. The van der Waals surface area contributed by atoms with Gasteiger partial charge < -0.3 is 4.48 Å². The lowest BCUT2D eigenvalue weighted by atomic mass is 10.2. The van der Waals surface area contributed by atoms with Gasteiger partial charge in [-0.3, -0.25) is 9.36 Å². The molecule has 0 spiro atoms. The van der Waals surface area contributed by atoms with Crippen LogP contribution in [0.15, 0.2) is 34.2 Å². The summed E-state index contributed by atoms with van der Waals surface area (Å²) in [6, 6.07) is 8.13. The van der Waals surface area contributed by atoms with E-state index in [1.807, 2.05) is 31.2 Å². The maximum atomic E-state index is 13.5. The number of thioether (sulfide) groups is 1. The summed E-state index contributed by atoms with van der Waals surface area (Å²) < 4.78 is 2.83. The summed E-state index contributed by atoms with van der Waals surface area (Å²) in [7, 11) is 2.29. The van der Waals surface area contributed by atoms with E-state index in [4.69, 9.17) is 4.98 Å². The molecular formula is C22H30N3OS2+. The second-order valence-electron chi connectivity index (χ2n) is 7.66. The summed E-state index contributed by atoms with van der Waals surface area (Å²) >= 11 is 3.31. The molecule has 6 heteroatoms. The average molecular weight is 417 g/mol. The van der Waals surface area contributed by atoms with Crippen molar-refractivity contribution in [1.29, 1.82) is 0 Å². The van der Waals surface area contributed by atoms with E-state index >= 15 is 0 Å². The van der Waals surface area contributed by atoms with Crippen LogP contribution in [0.1, 0.15) is 29.9 Å². The van der Waals surface area contributed by atoms with Gasteiger partial charge in [0.05, 0.1) is 43.5 Å². The molecule has 0 aliphatic rings. The summed E-state index contributed by atoms with van der Waals surface area (Å²) in [6.45, 7) is 13.9. The van der Waals surface area contributed by atoms with Gasteiger partial charge in [0.25, 0.3) is 5.56 Å². The molecular weight excluding hydrogens is 386 g/mol. The van der Waals surface area contributed by atoms with Crippen LogP contribution in [0.3, 0.4) is 0 Å². The molecule has 0 radical (unpaired) electrons. The predicted molar refractivity (Wildman–Crippen MR) is 122 cm³/mol. The zero-order valence-electron chi connectivity index (χ0n) is 17.7. The Bertz CT molecular complexity index is 1030. The van der Waals surface area contributed by atoms with Gasteiger partial charge in [-0.05, 0) is 52.3 Å². The van der Waals surface area contributed by atoms with Crippen LogP contribution in [-0.2, 0) is 0 Å². The molecule has 0 unspecified atom stereocenters. The normalized spacial score (nSPS) is 12.1. The standard InChI is InChI=1S/C22H30N3OS2/c1-7-25(6,8-2)13-14-27-22-23-20-19(16(4)17(5)28-20)21(26)24(22)18-11-9-15(3)10-12-18/h9-12H,7-8,13-14H2,1-6H3/q+1. The number of quaternary nitrogens is 1. The molecule has 0 aliphatic carbocycles. The molecule has 28 heavy (non-hydrogen) atoms. The Labute approximate surface area is 175 Å². The fourth-order valence-corrected chi connectivity index (χ4v) is 5.46. The average Bonchev–Trinajstić information content (AvgIpc) is 2.97. The highest BCUT2D eigenvalue weighted by Crippen LogP contribution is 2.29. The molecule has 0 bridgehead atoms. The van der Waals surface area contributed by atoms with Gasteiger partial charge in [0.1, 0.15) is 4.83 Å². The number of hydrogen-bond acceptors (Lipinski definition) is 4. The van der Waals surface area contributed by atoms with E-state index in [2.05, 4.69) is 34.7 Å². The smallest absolute Gasteiger partial charge is 0.267 e. The number of hydrogen-bond donors (Lipinski definition) is 0. The summed E-state index contributed by atoms with van der Waals surface area (Å²) in [4.78, 5) is 20.4. The molecule has 0 aliphatic heterocycles. The fourth-order valence-electron chi connectivity index (χ4n) is 3.19. The van der Waals surface area contributed by atoms with Crippen molar-refractivity contribution in [2.24, 2.45) is 0 Å². The Balaban J connectivity index is 2.08. The first kappa shape index (κ1) is 21.1. The molecule has 150 valence electrons. The number of rotatable bonds is 7. The van der Waals surface area contributed by atoms with Crippen LogP contribution in [0.4, 0.5) is 0 Å². The lowest BCUT2D eigenvalue weighted by Crippen LogP contribution is -2.45. The molecule has 0 fully saturated rings. The number of thiophene rings is 1. The first-order chi connectivity index (χ1) is 13.3. The van der Waals surface area contributed by atoms with Crippen molar-refractivity contribution in [2.75, 3.05) is 32.4 Å². The SMILES string of the molecule is CC[N+](C)(CC)CCSc1nc2sc(C)c(C)c2c(=O)n1-c1ccc(C)cc1. The molecule has 0 atom stereocenters. The van der Waals surface area contributed by atoms with E-state index in [0.29, 0.717) is 0 Å². The summed E-state index contributed by atoms with van der Waals surface area (Å²) in [6.07, 6.45) is 0. The van der Waals surface area contributed by atoms with Crippen molar-refractivity contribution in [3.05, 3.63) is 50.6 Å². The Morgan fingerprint density at radius 3 is 2.36 bits per heavy atom. The van der Waals surface area contributed by atoms with Crippen LogP contribution >= 0.6 is 23.1 Å². The Hall–Kier alpha value is -1.63. The van der Waals surface area contributed by atoms with Crippen molar-refractivity contribution in [2.45, 2.75) is 39.8 Å². The summed E-state index contributed by atoms with van der Waals surface area (Å²) in [5, 5.41) is 1.55. The Kier molecular flexibility index (Phi) is 6.32. The third-order valence-electron chi connectivity index (χ3n) is 5.85. The highest BCUT2D eigenvalue weighted by Gasteiger charge is 2.20. The van der Waals surface area contributed by atoms with Gasteiger partial charge in [-0.15, -0.1) is 11.3 Å². The van der Waals surface area contributed by atoms with Crippen LogP contribution in [0.5, 0.6) is 0 Å². The quantitative estimate of drug-likeness (QED) is 0.310. The Morgan fingerprint density at radius 2 is 1.75 bits per heavy atom. The van der Waals surface area contributed by atoms with Gasteiger partial charge in [-0.1, -0.05) is 29.5 Å². The van der Waals surface area contributed by atoms with E-state index in [-0.39, 0.29) is 5.56 Å². The molecule has 3 rings (SSSR count). The monoisotopic (exact) mass is 416 g/mol. The summed E-state index contributed by atoms with van der Waals surface area (Å²) in [5.41, 5.74) is 3.16. The molecule has 4 nitrogen and oxygen atoms in total. The molecule has 0 saturated carbocycles. The van der Waals surface area contributed by atoms with Crippen LogP contribution in [0, 0.1) is 20.8 Å². The van der Waals surface area contributed by atoms with Gasteiger partial charge in [0.2, 0.25) is 0 Å². The van der Waals surface area contributed by atoms with E-state index in [0.717, 1.165) is 56.5 Å². The van der Waals surface area contributed by atoms with Crippen molar-refractivity contribution >= 4 is 33.3 Å². The van der Waals surface area contributed by atoms with E-state index < -0.39 is 0 Å². The second-order valence-corrected chi connectivity index (χ2v) is 9.92. The van der Waals surface area contributed by atoms with Gasteiger partial charge >= 0.3 is 0 Å². The fraction of sp³-hybridized carbons (Fsp3) is 0.455. The molecule has 3 aromatic rings. The van der Waals surface area contributed by atoms with Crippen molar-refractivity contribution in [3.63, 3.8) is 0 Å². The minimum Gasteiger partial charge on any atom is -0.326 e. The zero-order chi connectivity index (χ0) is 20.5. The minimum atomic E-state index is 0.0430. The number of fused-ring (bicyclic) bond motifs is 1. The third kappa shape index (κ3) is 4.04. The molecule has 1 aromatic carbocycles. The third-order valence-corrected chi connectivity index (χ3v) is 7.87. The van der Waals surface area contributed by atoms with Gasteiger partial charge in [-0.2, -0.15) is 0 Å². The van der Waals surface area contributed by atoms with Crippen molar-refractivity contribution < 1.29 is 4.48 Å². The highest BCUT2D eigenvalue weighted by atomic mass is 32.2. The predicted octanol–water partition coefficient (Wildman–Crippen LogP) is 4.95. The van der Waals surface area contributed by atoms with E-state index in [1.54, 1.807) is 27.7 Å². The van der Waals surface area contributed by atoms with Gasteiger partial charge in [0, 0.05) is 4.88 Å². The topological polar surface area (TPSA) is 34.9 Å². The number of aromatic nitrogens is 2. The van der Waals surface area contributed by atoms with Crippen LogP contribution in [0.25, 0.3) is 15.9 Å². The van der Waals surface area contributed by atoms with E-state index in [9.17, 15) is 4.79 Å². The van der Waals surface area contributed by atoms with E-state index in [1.165, 1.54) is 10.4 Å². The van der Waals surface area contributed by atoms with Crippen LogP contribution in [-0.4, -0.2) is 46.5 Å². The van der Waals surface area contributed by atoms with Crippen LogP contribution < -0.4 is 5.56 Å². The first-order valence-electron chi connectivity index (χ1n) is 9.85. The van der Waals surface area contributed by atoms with Gasteiger partial charge in [0.15, 0.2) is 5.16 Å².